The molecular weight excluding hydrogens is 349 g/mol. The SMILES string of the molecule is COc1ccc(Cl)cc1C(=O)Nc1nnc(Cc2ccc(F)cc2)o1. The van der Waals surface area contributed by atoms with Gasteiger partial charge in [-0.15, -0.1) is 5.10 Å². The van der Waals surface area contributed by atoms with Crippen molar-refractivity contribution in [3.05, 3.63) is 70.3 Å². The van der Waals surface area contributed by atoms with Crippen LogP contribution in [-0.4, -0.2) is 23.2 Å². The van der Waals surface area contributed by atoms with E-state index in [1.807, 2.05) is 0 Å². The van der Waals surface area contributed by atoms with E-state index in [2.05, 4.69) is 15.5 Å². The molecule has 0 saturated heterocycles. The van der Waals surface area contributed by atoms with Crippen LogP contribution in [0.15, 0.2) is 46.9 Å². The van der Waals surface area contributed by atoms with Crippen LogP contribution in [0.1, 0.15) is 21.8 Å². The van der Waals surface area contributed by atoms with Crippen molar-refractivity contribution in [2.45, 2.75) is 6.42 Å². The van der Waals surface area contributed by atoms with E-state index in [1.54, 1.807) is 24.3 Å². The van der Waals surface area contributed by atoms with Gasteiger partial charge in [0.25, 0.3) is 5.91 Å². The lowest BCUT2D eigenvalue weighted by molar-refractivity contribution is 0.102. The molecule has 2 aromatic carbocycles. The molecule has 1 N–H and O–H groups in total. The van der Waals surface area contributed by atoms with Gasteiger partial charge in [0.15, 0.2) is 0 Å². The van der Waals surface area contributed by atoms with Crippen molar-refractivity contribution in [3.63, 3.8) is 0 Å². The number of rotatable bonds is 5. The van der Waals surface area contributed by atoms with Crippen molar-refractivity contribution in [1.29, 1.82) is 0 Å². The van der Waals surface area contributed by atoms with Gasteiger partial charge >= 0.3 is 6.01 Å². The fourth-order valence-corrected chi connectivity index (χ4v) is 2.35. The van der Waals surface area contributed by atoms with Crippen molar-refractivity contribution in [1.82, 2.24) is 10.2 Å². The molecule has 1 aromatic heterocycles. The van der Waals surface area contributed by atoms with Gasteiger partial charge in [-0.25, -0.2) is 4.39 Å². The predicted molar refractivity (Wildman–Crippen MR) is 89.5 cm³/mol. The van der Waals surface area contributed by atoms with Crippen LogP contribution >= 0.6 is 11.6 Å². The Morgan fingerprint density at radius 3 is 2.72 bits per heavy atom. The lowest BCUT2D eigenvalue weighted by Crippen LogP contribution is -2.13. The highest BCUT2D eigenvalue weighted by Gasteiger charge is 2.16. The van der Waals surface area contributed by atoms with Gasteiger partial charge in [-0.05, 0) is 35.9 Å². The summed E-state index contributed by atoms with van der Waals surface area (Å²) in [6, 6.07) is 10.6. The molecule has 0 aliphatic carbocycles. The fourth-order valence-electron chi connectivity index (χ4n) is 2.17. The molecule has 25 heavy (non-hydrogen) atoms. The monoisotopic (exact) mass is 361 g/mol. The number of ether oxygens (including phenoxy) is 1. The zero-order valence-corrected chi connectivity index (χ0v) is 13.9. The van der Waals surface area contributed by atoms with Crippen LogP contribution in [0.5, 0.6) is 5.75 Å². The quantitative estimate of drug-likeness (QED) is 0.749. The van der Waals surface area contributed by atoms with Crippen LogP contribution in [0.2, 0.25) is 5.02 Å². The van der Waals surface area contributed by atoms with Crippen LogP contribution in [0, 0.1) is 5.82 Å². The van der Waals surface area contributed by atoms with Gasteiger partial charge < -0.3 is 9.15 Å². The molecule has 1 amide bonds. The van der Waals surface area contributed by atoms with E-state index < -0.39 is 5.91 Å². The molecule has 0 aliphatic heterocycles. The van der Waals surface area contributed by atoms with E-state index in [1.165, 1.54) is 25.3 Å². The number of carbonyl (C=O) groups is 1. The Balaban J connectivity index is 1.72. The maximum Gasteiger partial charge on any atom is 0.322 e. The summed E-state index contributed by atoms with van der Waals surface area (Å²) in [5.74, 6) is -0.151. The molecule has 0 radical (unpaired) electrons. The summed E-state index contributed by atoms with van der Waals surface area (Å²) in [5.41, 5.74) is 1.05. The molecule has 0 fully saturated rings. The van der Waals surface area contributed by atoms with Crippen LogP contribution in [0.4, 0.5) is 10.4 Å². The Kier molecular flexibility index (Phi) is 4.95. The second-order valence-corrected chi connectivity index (χ2v) is 5.54. The summed E-state index contributed by atoms with van der Waals surface area (Å²) < 4.78 is 23.4. The molecule has 0 saturated carbocycles. The van der Waals surface area contributed by atoms with Crippen LogP contribution < -0.4 is 10.1 Å². The molecule has 0 bridgehead atoms. The molecule has 0 unspecified atom stereocenters. The molecule has 1 heterocycles. The minimum atomic E-state index is -0.490. The topological polar surface area (TPSA) is 77.2 Å². The van der Waals surface area contributed by atoms with Crippen LogP contribution in [0.3, 0.4) is 0 Å². The van der Waals surface area contributed by atoms with Crippen molar-refractivity contribution >= 4 is 23.5 Å². The highest BCUT2D eigenvalue weighted by molar-refractivity contribution is 6.31. The molecular formula is C17H13ClFN3O3. The van der Waals surface area contributed by atoms with Crippen LogP contribution in [0.25, 0.3) is 0 Å². The lowest BCUT2D eigenvalue weighted by atomic mass is 10.1. The molecule has 6 nitrogen and oxygen atoms in total. The first kappa shape index (κ1) is 16.9. The standard InChI is InChI=1S/C17H13ClFN3O3/c1-24-14-7-4-11(18)9-13(14)16(23)20-17-22-21-15(25-17)8-10-2-5-12(19)6-3-10/h2-7,9H,8H2,1H3,(H,20,22,23). The average Bonchev–Trinajstić information content (AvgIpc) is 3.03. The Morgan fingerprint density at radius 1 is 1.24 bits per heavy atom. The number of hydrogen-bond acceptors (Lipinski definition) is 5. The van der Waals surface area contributed by atoms with E-state index >= 15 is 0 Å². The molecule has 3 rings (SSSR count). The first-order valence-electron chi connectivity index (χ1n) is 7.27. The summed E-state index contributed by atoms with van der Waals surface area (Å²) >= 11 is 5.91. The number of nitrogens with one attached hydrogen (secondary N) is 1. The number of hydrogen-bond donors (Lipinski definition) is 1. The minimum absolute atomic E-state index is 0.0517. The van der Waals surface area contributed by atoms with Gasteiger partial charge in [0.2, 0.25) is 5.89 Å². The molecule has 8 heteroatoms. The maximum absolute atomic E-state index is 12.9. The fraction of sp³-hybridized carbons (Fsp3) is 0.118. The lowest BCUT2D eigenvalue weighted by Gasteiger charge is -2.07. The summed E-state index contributed by atoms with van der Waals surface area (Å²) in [6.07, 6.45) is 0.323. The third-order valence-corrected chi connectivity index (χ3v) is 3.60. The number of anilines is 1. The van der Waals surface area contributed by atoms with Crippen molar-refractivity contribution in [3.8, 4) is 5.75 Å². The molecule has 3 aromatic rings. The van der Waals surface area contributed by atoms with Gasteiger partial charge in [-0.3, -0.25) is 10.1 Å². The highest BCUT2D eigenvalue weighted by Crippen LogP contribution is 2.23. The number of amides is 1. The molecule has 0 spiro atoms. The van der Waals surface area contributed by atoms with E-state index in [0.717, 1.165) is 5.56 Å². The molecule has 0 atom stereocenters. The van der Waals surface area contributed by atoms with Crippen molar-refractivity contribution < 1.29 is 18.3 Å². The normalized spacial score (nSPS) is 10.5. The van der Waals surface area contributed by atoms with Gasteiger partial charge in [-0.2, -0.15) is 0 Å². The summed E-state index contributed by atoms with van der Waals surface area (Å²) in [7, 11) is 1.45. The third kappa shape index (κ3) is 4.13. The Hall–Kier alpha value is -2.93. The van der Waals surface area contributed by atoms with E-state index in [-0.39, 0.29) is 17.4 Å². The second kappa shape index (κ2) is 7.31. The predicted octanol–water partition coefficient (Wildman–Crippen LogP) is 3.71. The zero-order chi connectivity index (χ0) is 17.8. The Bertz CT molecular complexity index is 896. The summed E-state index contributed by atoms with van der Waals surface area (Å²) in [6.45, 7) is 0. The smallest absolute Gasteiger partial charge is 0.322 e. The Labute approximate surface area is 147 Å². The number of methoxy groups -OCH3 is 1. The van der Waals surface area contributed by atoms with Crippen molar-refractivity contribution in [2.75, 3.05) is 12.4 Å². The van der Waals surface area contributed by atoms with Gasteiger partial charge in [-0.1, -0.05) is 28.8 Å². The summed E-state index contributed by atoms with van der Waals surface area (Å²) in [4.78, 5) is 12.3. The van der Waals surface area contributed by atoms with Gasteiger partial charge in [0.1, 0.15) is 11.6 Å². The van der Waals surface area contributed by atoms with Crippen LogP contribution in [-0.2, 0) is 6.42 Å². The summed E-state index contributed by atoms with van der Waals surface area (Å²) in [5, 5.41) is 10.5. The number of nitrogens with zero attached hydrogens (tertiary/aromatic N) is 2. The van der Waals surface area contributed by atoms with E-state index in [0.29, 0.717) is 23.1 Å². The molecule has 128 valence electrons. The highest BCUT2D eigenvalue weighted by atomic mass is 35.5. The third-order valence-electron chi connectivity index (χ3n) is 3.36. The number of carbonyl (C=O) groups excluding carboxylic acids is 1. The Morgan fingerprint density at radius 2 is 2.00 bits per heavy atom. The molecule has 0 aliphatic rings. The van der Waals surface area contributed by atoms with Crippen molar-refractivity contribution in [2.24, 2.45) is 0 Å². The maximum atomic E-state index is 12.9. The second-order valence-electron chi connectivity index (χ2n) is 5.10. The first-order valence-corrected chi connectivity index (χ1v) is 7.64. The van der Waals surface area contributed by atoms with E-state index in [4.69, 9.17) is 20.8 Å². The van der Waals surface area contributed by atoms with E-state index in [9.17, 15) is 9.18 Å². The number of halogens is 2. The average molecular weight is 362 g/mol. The number of benzene rings is 2. The number of aromatic nitrogens is 2. The largest absolute Gasteiger partial charge is 0.496 e. The zero-order valence-electron chi connectivity index (χ0n) is 13.1. The van der Waals surface area contributed by atoms with Gasteiger partial charge in [0, 0.05) is 5.02 Å². The minimum Gasteiger partial charge on any atom is -0.496 e. The first-order chi connectivity index (χ1) is 12.0. The van der Waals surface area contributed by atoms with Gasteiger partial charge in [0.05, 0.1) is 19.1 Å².